The second kappa shape index (κ2) is 4.41. The monoisotopic (exact) mass is 172 g/mol. The van der Waals surface area contributed by atoms with E-state index in [4.69, 9.17) is 0 Å². The average molecular weight is 172 g/mol. The molecule has 3 nitrogen and oxygen atoms in total. The van der Waals surface area contributed by atoms with Crippen molar-refractivity contribution in [2.75, 3.05) is 0 Å². The molecule has 0 bridgehead atoms. The number of hydrogen-bond acceptors (Lipinski definition) is 4. The third-order valence-corrected chi connectivity index (χ3v) is 2.13. The molecule has 1 N–H and O–H groups in total. The molecule has 1 heterocycles. The van der Waals surface area contributed by atoms with E-state index < -0.39 is 0 Å². The van der Waals surface area contributed by atoms with Crippen molar-refractivity contribution in [3.05, 3.63) is 11.9 Å². The van der Waals surface area contributed by atoms with E-state index in [0.29, 0.717) is 0 Å². The Balaban J connectivity index is 2.23. The zero-order valence-corrected chi connectivity index (χ0v) is 7.34. The summed E-state index contributed by atoms with van der Waals surface area (Å²) in [6, 6.07) is 0. The van der Waals surface area contributed by atoms with Gasteiger partial charge in [0.2, 0.25) is 0 Å². The van der Waals surface area contributed by atoms with Gasteiger partial charge in [-0.3, -0.25) is 0 Å². The van der Waals surface area contributed by atoms with Crippen LogP contribution in [0.3, 0.4) is 0 Å². The largest absolute Gasteiger partial charge is 0.393 e. The van der Waals surface area contributed by atoms with Gasteiger partial charge in [-0.2, -0.15) is 8.75 Å². The van der Waals surface area contributed by atoms with Gasteiger partial charge in [0.15, 0.2) is 0 Å². The van der Waals surface area contributed by atoms with Crippen LogP contribution >= 0.6 is 11.7 Å². The van der Waals surface area contributed by atoms with Crippen molar-refractivity contribution in [2.24, 2.45) is 0 Å². The summed E-state index contributed by atoms with van der Waals surface area (Å²) in [5.74, 6) is 0. The van der Waals surface area contributed by atoms with Crippen LogP contribution in [0.1, 0.15) is 25.5 Å². The lowest BCUT2D eigenvalue weighted by Crippen LogP contribution is -2.05. The SMILES string of the molecule is CCC(O)CCc1cnsn1. The number of aliphatic hydroxyl groups excluding tert-OH is 1. The van der Waals surface area contributed by atoms with Gasteiger partial charge in [0, 0.05) is 0 Å². The molecule has 4 heteroatoms. The summed E-state index contributed by atoms with van der Waals surface area (Å²) in [7, 11) is 0. The maximum absolute atomic E-state index is 9.21. The highest BCUT2D eigenvalue weighted by Crippen LogP contribution is 2.04. The lowest BCUT2D eigenvalue weighted by Gasteiger charge is -2.03. The molecule has 11 heavy (non-hydrogen) atoms. The van der Waals surface area contributed by atoms with Crippen molar-refractivity contribution in [1.29, 1.82) is 0 Å². The van der Waals surface area contributed by atoms with E-state index in [1.807, 2.05) is 6.92 Å². The first-order chi connectivity index (χ1) is 5.33. The van der Waals surface area contributed by atoms with Crippen LogP contribution in [0.25, 0.3) is 0 Å². The molecule has 1 atom stereocenters. The fourth-order valence-corrected chi connectivity index (χ4v) is 1.27. The Morgan fingerprint density at radius 1 is 1.73 bits per heavy atom. The standard InChI is InChI=1S/C7H12N2OS/c1-2-7(10)4-3-6-5-8-11-9-6/h5,7,10H,2-4H2,1H3. The van der Waals surface area contributed by atoms with Gasteiger partial charge < -0.3 is 5.11 Å². The molecule has 1 rings (SSSR count). The Hall–Kier alpha value is -0.480. The third-order valence-electron chi connectivity index (χ3n) is 1.61. The summed E-state index contributed by atoms with van der Waals surface area (Å²) in [6.45, 7) is 1.98. The number of aryl methyl sites for hydroxylation is 1. The Morgan fingerprint density at radius 2 is 2.55 bits per heavy atom. The minimum Gasteiger partial charge on any atom is -0.393 e. The van der Waals surface area contributed by atoms with Crippen LogP contribution < -0.4 is 0 Å². The van der Waals surface area contributed by atoms with Crippen LogP contribution in [0.15, 0.2) is 6.20 Å². The lowest BCUT2D eigenvalue weighted by atomic mass is 10.1. The molecule has 1 unspecified atom stereocenters. The Labute approximate surface area is 70.4 Å². The topological polar surface area (TPSA) is 46.0 Å². The smallest absolute Gasteiger partial charge is 0.0744 e. The van der Waals surface area contributed by atoms with Gasteiger partial charge in [-0.05, 0) is 19.3 Å². The van der Waals surface area contributed by atoms with E-state index in [1.165, 1.54) is 11.7 Å². The molecule has 0 spiro atoms. The molecule has 1 aromatic rings. The average Bonchev–Trinajstić information content (AvgIpc) is 2.52. The van der Waals surface area contributed by atoms with Crippen molar-refractivity contribution >= 4 is 11.7 Å². The van der Waals surface area contributed by atoms with Crippen LogP contribution in [0.5, 0.6) is 0 Å². The second-order valence-electron chi connectivity index (χ2n) is 2.50. The molecule has 0 aromatic carbocycles. The van der Waals surface area contributed by atoms with E-state index in [2.05, 4.69) is 8.75 Å². The maximum atomic E-state index is 9.21. The van der Waals surface area contributed by atoms with Crippen LogP contribution in [0.4, 0.5) is 0 Å². The van der Waals surface area contributed by atoms with Gasteiger partial charge in [0.1, 0.15) is 0 Å². The summed E-state index contributed by atoms with van der Waals surface area (Å²) < 4.78 is 7.92. The number of rotatable bonds is 4. The lowest BCUT2D eigenvalue weighted by molar-refractivity contribution is 0.160. The van der Waals surface area contributed by atoms with Gasteiger partial charge in [0.05, 0.1) is 29.7 Å². The summed E-state index contributed by atoms with van der Waals surface area (Å²) in [5.41, 5.74) is 0.988. The second-order valence-corrected chi connectivity index (χ2v) is 3.06. The van der Waals surface area contributed by atoms with Crippen LogP contribution in [-0.4, -0.2) is 20.0 Å². The molecule has 1 aromatic heterocycles. The van der Waals surface area contributed by atoms with Gasteiger partial charge in [-0.15, -0.1) is 0 Å². The Bertz CT molecular complexity index is 188. The number of nitrogens with zero attached hydrogens (tertiary/aromatic N) is 2. The fourth-order valence-electron chi connectivity index (χ4n) is 0.813. The molecule has 0 saturated heterocycles. The predicted octanol–water partition coefficient (Wildman–Crippen LogP) is 1.24. The first-order valence-corrected chi connectivity index (χ1v) is 4.50. The molecule has 62 valence electrons. The normalized spacial score (nSPS) is 13.3. The van der Waals surface area contributed by atoms with Crippen molar-refractivity contribution in [3.8, 4) is 0 Å². The minimum atomic E-state index is -0.184. The molecule has 0 aliphatic carbocycles. The quantitative estimate of drug-likeness (QED) is 0.743. The highest BCUT2D eigenvalue weighted by atomic mass is 32.1. The van der Waals surface area contributed by atoms with Crippen molar-refractivity contribution < 1.29 is 5.11 Å². The third kappa shape index (κ3) is 2.95. The van der Waals surface area contributed by atoms with Crippen molar-refractivity contribution in [2.45, 2.75) is 32.3 Å². The highest BCUT2D eigenvalue weighted by molar-refractivity contribution is 6.99. The summed E-state index contributed by atoms with van der Waals surface area (Å²) >= 11 is 1.22. The zero-order chi connectivity index (χ0) is 8.10. The van der Waals surface area contributed by atoms with Crippen LogP contribution in [0, 0.1) is 0 Å². The van der Waals surface area contributed by atoms with Gasteiger partial charge in [-0.1, -0.05) is 6.92 Å². The molecular weight excluding hydrogens is 160 g/mol. The summed E-state index contributed by atoms with van der Waals surface area (Å²) in [6.07, 6.45) is 4.02. The number of aromatic nitrogens is 2. The fraction of sp³-hybridized carbons (Fsp3) is 0.714. The maximum Gasteiger partial charge on any atom is 0.0744 e. The van der Waals surface area contributed by atoms with Gasteiger partial charge in [-0.25, -0.2) is 0 Å². The zero-order valence-electron chi connectivity index (χ0n) is 6.53. The number of hydrogen-bond donors (Lipinski definition) is 1. The van der Waals surface area contributed by atoms with E-state index in [0.717, 1.165) is 25.0 Å². The van der Waals surface area contributed by atoms with Gasteiger partial charge in [0.25, 0.3) is 0 Å². The molecule has 0 radical (unpaired) electrons. The Kier molecular flexibility index (Phi) is 3.45. The van der Waals surface area contributed by atoms with Crippen LogP contribution in [0.2, 0.25) is 0 Å². The predicted molar refractivity (Wildman–Crippen MR) is 44.5 cm³/mol. The van der Waals surface area contributed by atoms with Gasteiger partial charge >= 0.3 is 0 Å². The summed E-state index contributed by atoms with van der Waals surface area (Å²) in [5, 5.41) is 9.21. The highest BCUT2D eigenvalue weighted by Gasteiger charge is 2.02. The van der Waals surface area contributed by atoms with E-state index >= 15 is 0 Å². The molecule has 0 amide bonds. The molecular formula is C7H12N2OS. The van der Waals surface area contributed by atoms with Crippen molar-refractivity contribution in [1.82, 2.24) is 8.75 Å². The van der Waals surface area contributed by atoms with E-state index in [1.54, 1.807) is 6.20 Å². The molecule has 0 saturated carbocycles. The van der Waals surface area contributed by atoms with E-state index in [-0.39, 0.29) is 6.10 Å². The Morgan fingerprint density at radius 3 is 3.09 bits per heavy atom. The molecule has 0 fully saturated rings. The first-order valence-electron chi connectivity index (χ1n) is 3.77. The van der Waals surface area contributed by atoms with Crippen LogP contribution in [-0.2, 0) is 6.42 Å². The minimum absolute atomic E-state index is 0.184. The van der Waals surface area contributed by atoms with E-state index in [9.17, 15) is 5.11 Å². The van der Waals surface area contributed by atoms with Crippen molar-refractivity contribution in [3.63, 3.8) is 0 Å². The number of aliphatic hydroxyl groups is 1. The molecule has 0 aliphatic rings. The molecule has 0 aliphatic heterocycles. The summed E-state index contributed by atoms with van der Waals surface area (Å²) in [4.78, 5) is 0. The first kappa shape index (κ1) is 8.62.